The Labute approximate surface area is 414 Å². The van der Waals surface area contributed by atoms with Crippen LogP contribution >= 0.6 is 0 Å². The van der Waals surface area contributed by atoms with E-state index in [4.69, 9.17) is 14.2 Å². The van der Waals surface area contributed by atoms with Gasteiger partial charge in [0.2, 0.25) is 0 Å². The fourth-order valence-electron chi connectivity index (χ4n) is 7.66. The Morgan fingerprint density at radius 2 is 0.612 bits per heavy atom. The van der Waals surface area contributed by atoms with Gasteiger partial charge in [0, 0.05) is 19.3 Å². The summed E-state index contributed by atoms with van der Waals surface area (Å²) in [5.74, 6) is -0.997. The molecule has 0 bridgehead atoms. The van der Waals surface area contributed by atoms with Gasteiger partial charge in [-0.2, -0.15) is 0 Å². The molecule has 0 radical (unpaired) electrons. The van der Waals surface area contributed by atoms with Gasteiger partial charge in [-0.3, -0.25) is 14.4 Å². The van der Waals surface area contributed by atoms with E-state index in [1.807, 2.05) is 6.08 Å². The average molecular weight is 933 g/mol. The van der Waals surface area contributed by atoms with Crippen LogP contribution in [0.15, 0.2) is 85.1 Å². The highest BCUT2D eigenvalue weighted by atomic mass is 16.6. The van der Waals surface area contributed by atoms with E-state index in [1.165, 1.54) is 141 Å². The highest BCUT2D eigenvalue weighted by Crippen LogP contribution is 2.14. The largest absolute Gasteiger partial charge is 0.462 e. The zero-order chi connectivity index (χ0) is 48.6. The van der Waals surface area contributed by atoms with Gasteiger partial charge in [-0.15, -0.1) is 0 Å². The fourth-order valence-corrected chi connectivity index (χ4v) is 7.66. The van der Waals surface area contributed by atoms with Crippen molar-refractivity contribution >= 4 is 17.9 Å². The van der Waals surface area contributed by atoms with Gasteiger partial charge in [0.15, 0.2) is 6.10 Å². The van der Waals surface area contributed by atoms with Crippen molar-refractivity contribution in [3.8, 4) is 0 Å². The van der Waals surface area contributed by atoms with Crippen molar-refractivity contribution in [3.05, 3.63) is 85.1 Å². The molecule has 1 unspecified atom stereocenters. The van der Waals surface area contributed by atoms with Gasteiger partial charge in [-0.05, 0) is 103 Å². The molecule has 1 atom stereocenters. The van der Waals surface area contributed by atoms with Crippen LogP contribution in [-0.4, -0.2) is 37.2 Å². The lowest BCUT2D eigenvalue weighted by Crippen LogP contribution is -2.30. The van der Waals surface area contributed by atoms with E-state index in [0.717, 1.165) is 77.0 Å². The number of ether oxygens (including phenoxy) is 3. The molecule has 0 aromatic rings. The lowest BCUT2D eigenvalue weighted by Gasteiger charge is -2.18. The van der Waals surface area contributed by atoms with E-state index in [2.05, 4.69) is 99.8 Å². The molecule has 0 N–H and O–H groups in total. The number of allylic oxidation sites excluding steroid dienone is 14. The summed E-state index contributed by atoms with van der Waals surface area (Å²) in [6, 6.07) is 0. The predicted octanol–water partition coefficient (Wildman–Crippen LogP) is 18.8. The first kappa shape index (κ1) is 63.6. The van der Waals surface area contributed by atoms with Crippen LogP contribution in [0.2, 0.25) is 0 Å². The third kappa shape index (κ3) is 53.4. The summed E-state index contributed by atoms with van der Waals surface area (Å²) in [6.45, 7) is 6.44. The van der Waals surface area contributed by atoms with E-state index >= 15 is 0 Å². The zero-order valence-electron chi connectivity index (χ0n) is 43.9. The molecule has 0 aromatic carbocycles. The lowest BCUT2D eigenvalue weighted by atomic mass is 10.1. The molecule has 0 rings (SSSR count). The molecule has 0 heterocycles. The Bertz CT molecular complexity index is 1300. The van der Waals surface area contributed by atoms with Gasteiger partial charge in [0.25, 0.3) is 0 Å². The number of hydrogen-bond donors (Lipinski definition) is 0. The second-order valence-electron chi connectivity index (χ2n) is 18.5. The Balaban J connectivity index is 4.45. The Hall–Kier alpha value is -3.41. The van der Waals surface area contributed by atoms with Crippen LogP contribution in [0.1, 0.15) is 265 Å². The molecule has 0 fully saturated rings. The normalized spacial score (nSPS) is 12.7. The Morgan fingerprint density at radius 3 is 1.03 bits per heavy atom. The highest BCUT2D eigenvalue weighted by molar-refractivity contribution is 5.71. The maximum atomic E-state index is 12.8. The second-order valence-corrected chi connectivity index (χ2v) is 18.5. The van der Waals surface area contributed by atoms with Crippen LogP contribution in [0.5, 0.6) is 0 Å². The molecule has 67 heavy (non-hydrogen) atoms. The second kappa shape index (κ2) is 55.2. The summed E-state index contributed by atoms with van der Waals surface area (Å²) < 4.78 is 16.8. The lowest BCUT2D eigenvalue weighted by molar-refractivity contribution is -0.166. The number of carbonyl (C=O) groups excluding carboxylic acids is 3. The monoisotopic (exact) mass is 933 g/mol. The van der Waals surface area contributed by atoms with Gasteiger partial charge in [0.1, 0.15) is 13.2 Å². The van der Waals surface area contributed by atoms with Crippen molar-refractivity contribution in [1.82, 2.24) is 0 Å². The van der Waals surface area contributed by atoms with Crippen LogP contribution in [-0.2, 0) is 28.6 Å². The van der Waals surface area contributed by atoms with Gasteiger partial charge in [-0.25, -0.2) is 0 Å². The number of rotatable bonds is 50. The first-order valence-electron chi connectivity index (χ1n) is 28.1. The minimum atomic E-state index is -0.811. The summed E-state index contributed by atoms with van der Waals surface area (Å²) in [5, 5.41) is 0. The fraction of sp³-hybridized carbons (Fsp3) is 0.721. The minimum Gasteiger partial charge on any atom is -0.462 e. The predicted molar refractivity (Wildman–Crippen MR) is 288 cm³/mol. The quantitative estimate of drug-likeness (QED) is 0.0262. The molecule has 0 saturated carbocycles. The summed E-state index contributed by atoms with van der Waals surface area (Å²) in [4.78, 5) is 38.1. The van der Waals surface area contributed by atoms with E-state index in [9.17, 15) is 14.4 Å². The molecular formula is C61H104O6. The number of unbranched alkanes of at least 4 members (excludes halogenated alkanes) is 25. The molecule has 0 amide bonds. The minimum absolute atomic E-state index is 0.104. The van der Waals surface area contributed by atoms with Crippen LogP contribution in [0, 0.1) is 0 Å². The third-order valence-corrected chi connectivity index (χ3v) is 11.9. The summed E-state index contributed by atoms with van der Waals surface area (Å²) in [7, 11) is 0. The molecule has 0 spiro atoms. The Kier molecular flexibility index (Phi) is 52.4. The van der Waals surface area contributed by atoms with Crippen molar-refractivity contribution < 1.29 is 28.6 Å². The standard InChI is InChI=1S/C61H104O6/c1-4-7-10-13-16-19-22-25-27-29-31-33-36-39-42-45-48-51-54-60(63)66-57-58(56-65-59(62)53-50-47-44-41-38-35-24-21-18-15-12-9-6-3)67-61(64)55-52-49-46-43-40-37-34-32-30-28-26-23-20-17-14-11-8-5-2/h9,12,18-19,21-22,27-30,35,38,44,47,58H,4-8,10-11,13-17,20,23-26,31-34,36-37,39-43,45-46,48-57H2,1-3H3/b12-9-,21-18-,22-19-,29-27-,30-28-,38-35-,47-44-. The van der Waals surface area contributed by atoms with Crippen molar-refractivity contribution in [1.29, 1.82) is 0 Å². The highest BCUT2D eigenvalue weighted by Gasteiger charge is 2.19. The van der Waals surface area contributed by atoms with E-state index in [1.54, 1.807) is 0 Å². The number of esters is 3. The molecule has 6 nitrogen and oxygen atoms in total. The van der Waals surface area contributed by atoms with Gasteiger partial charge in [-0.1, -0.05) is 228 Å². The topological polar surface area (TPSA) is 78.9 Å². The van der Waals surface area contributed by atoms with Crippen LogP contribution in [0.4, 0.5) is 0 Å². The van der Waals surface area contributed by atoms with E-state index < -0.39 is 6.10 Å². The maximum Gasteiger partial charge on any atom is 0.306 e. The molecule has 0 aliphatic rings. The molecule has 384 valence electrons. The SMILES string of the molecule is CC/C=C\C/C=C\C/C=C\C/C=C\CCC(=O)OCC(COC(=O)CCCCCCCCC/C=C\C/C=C\CCCCCC)OC(=O)CCCCCCCCC/C=C\CCCCCCCCC. The molecule has 0 aliphatic heterocycles. The van der Waals surface area contributed by atoms with Crippen molar-refractivity contribution in [2.45, 2.75) is 271 Å². The summed E-state index contributed by atoms with van der Waals surface area (Å²) in [6.07, 6.45) is 71.6. The molecule has 0 aliphatic carbocycles. The first-order valence-corrected chi connectivity index (χ1v) is 28.1. The van der Waals surface area contributed by atoms with Crippen molar-refractivity contribution in [3.63, 3.8) is 0 Å². The van der Waals surface area contributed by atoms with Crippen LogP contribution < -0.4 is 0 Å². The van der Waals surface area contributed by atoms with Crippen molar-refractivity contribution in [2.24, 2.45) is 0 Å². The van der Waals surface area contributed by atoms with Gasteiger partial charge < -0.3 is 14.2 Å². The van der Waals surface area contributed by atoms with Gasteiger partial charge in [0.05, 0.1) is 0 Å². The maximum absolute atomic E-state index is 12.8. The average Bonchev–Trinajstić information content (AvgIpc) is 3.33. The molecular weight excluding hydrogens is 829 g/mol. The molecule has 6 heteroatoms. The smallest absolute Gasteiger partial charge is 0.306 e. The van der Waals surface area contributed by atoms with Crippen LogP contribution in [0.25, 0.3) is 0 Å². The first-order chi connectivity index (χ1) is 33.0. The van der Waals surface area contributed by atoms with E-state index in [0.29, 0.717) is 19.3 Å². The third-order valence-electron chi connectivity index (χ3n) is 11.9. The van der Waals surface area contributed by atoms with Crippen LogP contribution in [0.3, 0.4) is 0 Å². The molecule has 0 saturated heterocycles. The summed E-state index contributed by atoms with van der Waals surface area (Å²) >= 11 is 0. The van der Waals surface area contributed by atoms with E-state index in [-0.39, 0.29) is 37.5 Å². The molecule has 0 aromatic heterocycles. The van der Waals surface area contributed by atoms with Gasteiger partial charge >= 0.3 is 17.9 Å². The number of carbonyl (C=O) groups is 3. The Morgan fingerprint density at radius 1 is 0.313 bits per heavy atom. The summed E-state index contributed by atoms with van der Waals surface area (Å²) in [5.41, 5.74) is 0. The number of hydrogen-bond acceptors (Lipinski definition) is 6. The van der Waals surface area contributed by atoms with Crippen molar-refractivity contribution in [2.75, 3.05) is 13.2 Å². The zero-order valence-corrected chi connectivity index (χ0v) is 43.9.